The zero-order valence-corrected chi connectivity index (χ0v) is 12.1. The third kappa shape index (κ3) is 2.21. The molecule has 2 aliphatic carbocycles. The van der Waals surface area contributed by atoms with Gasteiger partial charge in [-0.05, 0) is 38.2 Å². The Hall–Kier alpha value is -0.870. The fourth-order valence-electron chi connectivity index (χ4n) is 2.53. The average Bonchev–Trinajstić information content (AvgIpc) is 3.28. The van der Waals surface area contributed by atoms with Gasteiger partial charge in [0.2, 0.25) is 0 Å². The maximum Gasteiger partial charge on any atom is 0.163 e. The zero-order chi connectivity index (χ0) is 13.6. The van der Waals surface area contributed by atoms with Crippen molar-refractivity contribution in [2.24, 2.45) is 0 Å². The molecule has 3 rings (SSSR count). The summed E-state index contributed by atoms with van der Waals surface area (Å²) in [6.45, 7) is 2.72. The highest BCUT2D eigenvalue weighted by atomic mass is 32.2. The maximum atomic E-state index is 12.6. The summed E-state index contributed by atoms with van der Waals surface area (Å²) in [7, 11) is -3.03. The molecule has 0 amide bonds. The van der Waals surface area contributed by atoms with Crippen molar-refractivity contribution in [2.45, 2.75) is 48.7 Å². The molecule has 1 aromatic carbocycles. The second-order valence-corrected chi connectivity index (χ2v) is 8.97. The SMILES string of the molecule is CC1(S(=O)(=O)C2(COCc3ccccc3)CC2)CC1. The molecule has 2 saturated carbocycles. The highest BCUT2D eigenvalue weighted by Gasteiger charge is 2.65. The molecule has 0 bridgehead atoms. The van der Waals surface area contributed by atoms with Crippen LogP contribution in [-0.2, 0) is 21.2 Å². The number of hydrogen-bond acceptors (Lipinski definition) is 3. The number of ether oxygens (including phenoxy) is 1. The molecule has 2 aliphatic rings. The summed E-state index contributed by atoms with van der Waals surface area (Å²) in [6, 6.07) is 9.89. The number of rotatable bonds is 6. The van der Waals surface area contributed by atoms with E-state index in [-0.39, 0.29) is 0 Å². The van der Waals surface area contributed by atoms with E-state index in [1.54, 1.807) is 0 Å². The second kappa shape index (κ2) is 4.32. The summed E-state index contributed by atoms with van der Waals surface area (Å²) < 4.78 is 29.8. The average molecular weight is 280 g/mol. The molecule has 0 saturated heterocycles. The van der Waals surface area contributed by atoms with Gasteiger partial charge in [0.15, 0.2) is 9.84 Å². The van der Waals surface area contributed by atoms with E-state index in [1.807, 2.05) is 37.3 Å². The van der Waals surface area contributed by atoms with Crippen LogP contribution < -0.4 is 0 Å². The van der Waals surface area contributed by atoms with Crippen LogP contribution in [0, 0.1) is 0 Å². The quantitative estimate of drug-likeness (QED) is 0.804. The molecule has 0 atom stereocenters. The Morgan fingerprint density at radius 2 is 1.74 bits per heavy atom. The van der Waals surface area contributed by atoms with Gasteiger partial charge in [-0.25, -0.2) is 8.42 Å². The van der Waals surface area contributed by atoms with E-state index < -0.39 is 19.3 Å². The van der Waals surface area contributed by atoms with E-state index in [4.69, 9.17) is 4.74 Å². The molecule has 3 nitrogen and oxygen atoms in total. The Balaban J connectivity index is 1.61. The topological polar surface area (TPSA) is 43.4 Å². The number of benzene rings is 1. The maximum absolute atomic E-state index is 12.6. The first-order chi connectivity index (χ1) is 8.99. The zero-order valence-electron chi connectivity index (χ0n) is 11.3. The summed E-state index contributed by atoms with van der Waals surface area (Å²) in [5.41, 5.74) is 1.09. The molecule has 1 aromatic rings. The van der Waals surface area contributed by atoms with Gasteiger partial charge < -0.3 is 4.74 Å². The lowest BCUT2D eigenvalue weighted by molar-refractivity contribution is 0.116. The van der Waals surface area contributed by atoms with E-state index >= 15 is 0 Å². The monoisotopic (exact) mass is 280 g/mol. The largest absolute Gasteiger partial charge is 0.375 e. The lowest BCUT2D eigenvalue weighted by Gasteiger charge is -2.21. The van der Waals surface area contributed by atoms with Gasteiger partial charge in [-0.15, -0.1) is 0 Å². The Morgan fingerprint density at radius 1 is 1.11 bits per heavy atom. The lowest BCUT2D eigenvalue weighted by atomic mass is 10.2. The molecule has 0 spiro atoms. The second-order valence-electron chi connectivity index (χ2n) is 6.11. The minimum absolute atomic E-state index is 0.347. The summed E-state index contributed by atoms with van der Waals surface area (Å²) >= 11 is 0. The van der Waals surface area contributed by atoms with Crippen LogP contribution in [-0.4, -0.2) is 24.5 Å². The van der Waals surface area contributed by atoms with Crippen molar-refractivity contribution >= 4 is 9.84 Å². The van der Waals surface area contributed by atoms with Crippen LogP contribution in [0.25, 0.3) is 0 Å². The van der Waals surface area contributed by atoms with Crippen molar-refractivity contribution in [3.8, 4) is 0 Å². The minimum atomic E-state index is -3.03. The highest BCUT2D eigenvalue weighted by Crippen LogP contribution is 2.56. The van der Waals surface area contributed by atoms with Crippen LogP contribution in [0.3, 0.4) is 0 Å². The van der Waals surface area contributed by atoms with E-state index in [1.165, 1.54) is 0 Å². The lowest BCUT2D eigenvalue weighted by Crippen LogP contribution is -2.37. The molecule has 0 unspecified atom stereocenters. The van der Waals surface area contributed by atoms with Gasteiger partial charge in [0, 0.05) is 0 Å². The van der Waals surface area contributed by atoms with Crippen LogP contribution in [0.2, 0.25) is 0 Å². The molecule has 19 heavy (non-hydrogen) atoms. The van der Waals surface area contributed by atoms with Crippen LogP contribution in [0.15, 0.2) is 30.3 Å². The van der Waals surface area contributed by atoms with Gasteiger partial charge in [0.05, 0.1) is 22.7 Å². The first-order valence-corrected chi connectivity index (χ1v) is 8.33. The first kappa shape index (κ1) is 13.1. The third-order valence-electron chi connectivity index (χ3n) is 4.46. The van der Waals surface area contributed by atoms with Gasteiger partial charge in [-0.3, -0.25) is 0 Å². The van der Waals surface area contributed by atoms with E-state index in [9.17, 15) is 8.42 Å². The molecule has 0 aliphatic heterocycles. The van der Waals surface area contributed by atoms with Crippen molar-refractivity contribution in [2.75, 3.05) is 6.61 Å². The molecule has 0 radical (unpaired) electrons. The summed E-state index contributed by atoms with van der Waals surface area (Å²) in [6.07, 6.45) is 3.16. The van der Waals surface area contributed by atoms with Crippen molar-refractivity contribution in [1.82, 2.24) is 0 Å². The highest BCUT2D eigenvalue weighted by molar-refractivity contribution is 7.94. The summed E-state index contributed by atoms with van der Waals surface area (Å²) in [4.78, 5) is 0. The number of sulfone groups is 1. The van der Waals surface area contributed by atoms with Gasteiger partial charge in [-0.2, -0.15) is 0 Å². The Morgan fingerprint density at radius 3 is 2.26 bits per heavy atom. The third-order valence-corrected chi connectivity index (χ3v) is 7.83. The Kier molecular flexibility index (Phi) is 2.98. The van der Waals surface area contributed by atoms with Gasteiger partial charge >= 0.3 is 0 Å². The fourth-order valence-corrected chi connectivity index (χ4v) is 5.09. The van der Waals surface area contributed by atoms with Gasteiger partial charge in [0.1, 0.15) is 0 Å². The Labute approximate surface area is 114 Å². The summed E-state index contributed by atoms with van der Waals surface area (Å²) in [5.74, 6) is 0. The van der Waals surface area contributed by atoms with Crippen LogP contribution in [0.1, 0.15) is 38.2 Å². The molecule has 104 valence electrons. The van der Waals surface area contributed by atoms with Crippen molar-refractivity contribution in [3.63, 3.8) is 0 Å². The summed E-state index contributed by atoms with van der Waals surface area (Å²) in [5, 5.41) is 0. The van der Waals surface area contributed by atoms with Crippen molar-refractivity contribution in [1.29, 1.82) is 0 Å². The van der Waals surface area contributed by atoms with Crippen LogP contribution in [0.5, 0.6) is 0 Å². The fraction of sp³-hybridized carbons (Fsp3) is 0.600. The normalized spacial score (nSPS) is 23.0. The molecule has 0 aromatic heterocycles. The predicted octanol–water partition coefficient (Wildman–Crippen LogP) is 2.70. The van der Waals surface area contributed by atoms with Crippen LogP contribution >= 0.6 is 0 Å². The predicted molar refractivity (Wildman–Crippen MR) is 74.6 cm³/mol. The van der Waals surface area contributed by atoms with E-state index in [0.29, 0.717) is 13.2 Å². The molecular weight excluding hydrogens is 260 g/mol. The molecule has 2 fully saturated rings. The van der Waals surface area contributed by atoms with Crippen molar-refractivity contribution < 1.29 is 13.2 Å². The Bertz CT molecular complexity index is 554. The number of hydrogen-bond donors (Lipinski definition) is 0. The van der Waals surface area contributed by atoms with Crippen molar-refractivity contribution in [3.05, 3.63) is 35.9 Å². The van der Waals surface area contributed by atoms with E-state index in [0.717, 1.165) is 31.2 Å². The standard InChI is InChI=1S/C15H20O3S/c1-14(7-8-14)19(16,17)15(9-10-15)12-18-11-13-5-3-2-4-6-13/h2-6H,7-12H2,1H3. The molecular formula is C15H20O3S. The molecule has 0 N–H and O–H groups in total. The van der Waals surface area contributed by atoms with Gasteiger partial charge in [0.25, 0.3) is 0 Å². The molecule has 4 heteroatoms. The molecule has 0 heterocycles. The first-order valence-electron chi connectivity index (χ1n) is 6.85. The smallest absolute Gasteiger partial charge is 0.163 e. The minimum Gasteiger partial charge on any atom is -0.375 e. The van der Waals surface area contributed by atoms with Crippen LogP contribution in [0.4, 0.5) is 0 Å². The van der Waals surface area contributed by atoms with E-state index in [2.05, 4.69) is 0 Å². The van der Waals surface area contributed by atoms with Gasteiger partial charge in [-0.1, -0.05) is 30.3 Å².